The van der Waals surface area contributed by atoms with Crippen molar-refractivity contribution in [1.82, 2.24) is 9.55 Å². The predicted molar refractivity (Wildman–Crippen MR) is 65.4 cm³/mol. The summed E-state index contributed by atoms with van der Waals surface area (Å²) >= 11 is 0. The van der Waals surface area contributed by atoms with Crippen LogP contribution in [0.1, 0.15) is 19.6 Å². The summed E-state index contributed by atoms with van der Waals surface area (Å²) in [7, 11) is 0. The minimum absolute atomic E-state index is 0.285. The van der Waals surface area contributed by atoms with E-state index in [-0.39, 0.29) is 6.42 Å². The summed E-state index contributed by atoms with van der Waals surface area (Å²) in [5, 5.41) is 20.1. The fraction of sp³-hybridized carbons (Fsp3) is 0.500. The molecule has 20 heavy (non-hydrogen) atoms. The first-order valence-corrected chi connectivity index (χ1v) is 5.85. The number of aromatic amines is 1. The molecule has 0 bridgehead atoms. The van der Waals surface area contributed by atoms with Gasteiger partial charge in [-0.1, -0.05) is 12.8 Å². The van der Waals surface area contributed by atoms with Crippen LogP contribution in [0.15, 0.2) is 21.9 Å². The van der Waals surface area contributed by atoms with Crippen LogP contribution in [0.2, 0.25) is 0 Å². The molecule has 4 atom stereocenters. The van der Waals surface area contributed by atoms with Crippen LogP contribution >= 0.6 is 0 Å². The van der Waals surface area contributed by atoms with E-state index in [2.05, 4.69) is 0 Å². The first kappa shape index (κ1) is 14.5. The summed E-state index contributed by atoms with van der Waals surface area (Å²) in [5.74, 6) is -0.737. The van der Waals surface area contributed by atoms with Crippen molar-refractivity contribution in [2.24, 2.45) is 0 Å². The molecule has 1 fully saturated rings. The van der Waals surface area contributed by atoms with Crippen molar-refractivity contribution in [2.75, 3.05) is 0 Å². The van der Waals surface area contributed by atoms with Gasteiger partial charge in [0.2, 0.25) is 11.5 Å². The van der Waals surface area contributed by atoms with E-state index in [1.807, 2.05) is 10.9 Å². The van der Waals surface area contributed by atoms with Crippen molar-refractivity contribution >= 4 is 0 Å². The second kappa shape index (κ2) is 4.56. The van der Waals surface area contributed by atoms with E-state index < -0.39 is 35.0 Å². The molecule has 1 aromatic rings. The summed E-state index contributed by atoms with van der Waals surface area (Å²) in [5.41, 5.74) is -4.05. The fourth-order valence-corrected chi connectivity index (χ4v) is 2.11. The van der Waals surface area contributed by atoms with Crippen molar-refractivity contribution in [1.29, 1.82) is 0 Å². The number of aromatic nitrogens is 2. The second-order valence-corrected chi connectivity index (χ2v) is 4.50. The van der Waals surface area contributed by atoms with Crippen LogP contribution in [-0.4, -0.2) is 37.3 Å². The summed E-state index contributed by atoms with van der Waals surface area (Å²) in [6.45, 7) is 1.39. The Balaban J connectivity index is 2.59. The van der Waals surface area contributed by atoms with Gasteiger partial charge in [-0.15, -0.1) is 6.42 Å². The van der Waals surface area contributed by atoms with Gasteiger partial charge in [0.05, 0.1) is 0 Å². The van der Waals surface area contributed by atoms with Gasteiger partial charge in [0.25, 0.3) is 5.56 Å². The Bertz CT molecular complexity index is 677. The van der Waals surface area contributed by atoms with Crippen LogP contribution in [0.5, 0.6) is 0 Å². The van der Waals surface area contributed by atoms with E-state index in [1.54, 1.807) is 0 Å². The van der Waals surface area contributed by atoms with Gasteiger partial charge in [-0.25, -0.2) is 9.18 Å². The number of rotatable bonds is 2. The number of hydrogen-bond acceptors (Lipinski definition) is 5. The average Bonchev–Trinajstić information content (AvgIpc) is 2.62. The van der Waals surface area contributed by atoms with Gasteiger partial charge in [0.15, 0.2) is 12.3 Å². The molecule has 0 aliphatic carbocycles. The van der Waals surface area contributed by atoms with Gasteiger partial charge in [-0.3, -0.25) is 14.3 Å². The number of aliphatic hydroxyl groups is 2. The number of alkyl halides is 1. The molecule has 0 aromatic carbocycles. The lowest BCUT2D eigenvalue weighted by molar-refractivity contribution is -0.188. The summed E-state index contributed by atoms with van der Waals surface area (Å²) in [4.78, 5) is 24.6. The van der Waals surface area contributed by atoms with Gasteiger partial charge in [-0.05, 0) is 0 Å². The minimum atomic E-state index is -2.60. The highest BCUT2D eigenvalue weighted by Crippen LogP contribution is 2.45. The standard InChI is InChI=1S/C12H13FN2O5/c1-3-11(19)8(17)12(13,4-2)20-9(11)15-6-5-7(16)14-10(15)18/h1,5-6,8-9,17,19H,4H2,2H3,(H,14,16,18). The lowest BCUT2D eigenvalue weighted by Crippen LogP contribution is -2.49. The quantitative estimate of drug-likeness (QED) is 0.596. The van der Waals surface area contributed by atoms with E-state index in [1.165, 1.54) is 6.92 Å². The smallest absolute Gasteiger partial charge is 0.330 e. The molecule has 1 aliphatic rings. The Morgan fingerprint density at radius 3 is 2.80 bits per heavy atom. The number of hydrogen-bond donors (Lipinski definition) is 3. The third-order valence-electron chi connectivity index (χ3n) is 3.33. The maximum Gasteiger partial charge on any atom is 0.330 e. The van der Waals surface area contributed by atoms with Gasteiger partial charge in [0.1, 0.15) is 0 Å². The lowest BCUT2D eigenvalue weighted by atomic mass is 9.92. The van der Waals surface area contributed by atoms with Crippen LogP contribution in [0, 0.1) is 12.3 Å². The number of ether oxygens (including phenoxy) is 1. The first-order chi connectivity index (χ1) is 9.28. The number of halogens is 1. The molecule has 1 aliphatic heterocycles. The molecule has 1 saturated heterocycles. The molecule has 108 valence electrons. The maximum absolute atomic E-state index is 14.3. The highest BCUT2D eigenvalue weighted by Gasteiger charge is 2.64. The molecule has 0 amide bonds. The molecule has 0 spiro atoms. The SMILES string of the molecule is C#CC1(O)C(n2ccc(=O)[nH]c2=O)OC(F)(CC)C1O. The third kappa shape index (κ3) is 1.87. The van der Waals surface area contributed by atoms with Crippen LogP contribution in [0.4, 0.5) is 4.39 Å². The maximum atomic E-state index is 14.3. The molecule has 8 heteroatoms. The number of H-pyrrole nitrogens is 1. The van der Waals surface area contributed by atoms with E-state index in [9.17, 15) is 24.2 Å². The predicted octanol–water partition coefficient (Wildman–Crippen LogP) is -1.13. The normalized spacial score (nSPS) is 36.8. The molecule has 1 aromatic heterocycles. The highest BCUT2D eigenvalue weighted by molar-refractivity contribution is 5.20. The molecular weight excluding hydrogens is 271 g/mol. The van der Waals surface area contributed by atoms with E-state index in [0.29, 0.717) is 0 Å². The van der Waals surface area contributed by atoms with Gasteiger partial charge >= 0.3 is 5.69 Å². The average molecular weight is 284 g/mol. The zero-order valence-electron chi connectivity index (χ0n) is 10.5. The molecule has 2 rings (SSSR count). The molecule has 7 nitrogen and oxygen atoms in total. The van der Waals surface area contributed by atoms with Crippen molar-refractivity contribution < 1.29 is 19.3 Å². The van der Waals surface area contributed by atoms with Gasteiger partial charge < -0.3 is 14.9 Å². The monoisotopic (exact) mass is 284 g/mol. The van der Waals surface area contributed by atoms with Crippen LogP contribution in [0.25, 0.3) is 0 Å². The number of nitrogens with one attached hydrogen (secondary N) is 1. The number of terminal acetylenes is 1. The van der Waals surface area contributed by atoms with Crippen molar-refractivity contribution in [3.05, 3.63) is 33.1 Å². The zero-order valence-corrected chi connectivity index (χ0v) is 10.5. The van der Waals surface area contributed by atoms with Crippen molar-refractivity contribution in [3.63, 3.8) is 0 Å². The molecule has 2 heterocycles. The third-order valence-corrected chi connectivity index (χ3v) is 3.33. The largest absolute Gasteiger partial charge is 0.383 e. The lowest BCUT2D eigenvalue weighted by Gasteiger charge is -2.26. The summed E-state index contributed by atoms with van der Waals surface area (Å²) in [6.07, 6.45) is 2.18. The fourth-order valence-electron chi connectivity index (χ4n) is 2.11. The van der Waals surface area contributed by atoms with Crippen LogP contribution < -0.4 is 11.2 Å². The Labute approximate surface area is 112 Å². The van der Waals surface area contributed by atoms with Crippen LogP contribution in [0.3, 0.4) is 0 Å². The van der Waals surface area contributed by atoms with E-state index in [0.717, 1.165) is 16.8 Å². The Kier molecular flexibility index (Phi) is 3.29. The van der Waals surface area contributed by atoms with Gasteiger partial charge in [0, 0.05) is 18.7 Å². The topological polar surface area (TPSA) is 105 Å². The Hall–Kier alpha value is -1.95. The number of nitrogens with zero attached hydrogens (tertiary/aromatic N) is 1. The van der Waals surface area contributed by atoms with Crippen molar-refractivity contribution in [2.45, 2.75) is 37.1 Å². The molecule has 0 radical (unpaired) electrons. The summed E-state index contributed by atoms with van der Waals surface area (Å²) in [6, 6.07) is 0.984. The molecule has 3 N–H and O–H groups in total. The second-order valence-electron chi connectivity index (χ2n) is 4.50. The molecule has 4 unspecified atom stereocenters. The molecular formula is C12H13FN2O5. The minimum Gasteiger partial charge on any atom is -0.383 e. The van der Waals surface area contributed by atoms with Crippen molar-refractivity contribution in [3.8, 4) is 12.3 Å². The molecule has 0 saturated carbocycles. The zero-order chi connectivity index (χ0) is 15.1. The van der Waals surface area contributed by atoms with E-state index >= 15 is 0 Å². The Morgan fingerprint density at radius 2 is 2.30 bits per heavy atom. The highest BCUT2D eigenvalue weighted by atomic mass is 19.2. The Morgan fingerprint density at radius 1 is 1.65 bits per heavy atom. The first-order valence-electron chi connectivity index (χ1n) is 5.85. The summed E-state index contributed by atoms with van der Waals surface area (Å²) < 4.78 is 20.0. The number of aliphatic hydroxyl groups excluding tert-OH is 1. The van der Waals surface area contributed by atoms with Gasteiger partial charge in [-0.2, -0.15) is 0 Å². The van der Waals surface area contributed by atoms with Crippen LogP contribution in [-0.2, 0) is 4.74 Å². The van der Waals surface area contributed by atoms with E-state index in [4.69, 9.17) is 11.2 Å².